The summed E-state index contributed by atoms with van der Waals surface area (Å²) in [7, 11) is 0. The standard InChI is InChI=1S/C15H17N5OS3/c1-4-11(23-13-10(8-16)7-6-9(3)17-13)12(21)18-14-19-20-15(24-14)22-5-2/h6-7,11H,4-5H2,1-3H3,(H,18,19,21). The van der Waals surface area contributed by atoms with E-state index in [1.54, 1.807) is 23.9 Å². The van der Waals surface area contributed by atoms with Gasteiger partial charge in [-0.25, -0.2) is 4.98 Å². The van der Waals surface area contributed by atoms with Crippen molar-refractivity contribution in [2.45, 2.75) is 41.8 Å². The van der Waals surface area contributed by atoms with Gasteiger partial charge in [-0.3, -0.25) is 10.1 Å². The van der Waals surface area contributed by atoms with Crippen LogP contribution in [0.2, 0.25) is 0 Å². The minimum atomic E-state index is -0.349. The van der Waals surface area contributed by atoms with Crippen LogP contribution < -0.4 is 5.32 Å². The molecule has 1 unspecified atom stereocenters. The van der Waals surface area contributed by atoms with Gasteiger partial charge in [0.1, 0.15) is 11.1 Å². The lowest BCUT2D eigenvalue weighted by atomic mass is 10.3. The second kappa shape index (κ2) is 9.01. The lowest BCUT2D eigenvalue weighted by Gasteiger charge is -2.13. The Morgan fingerprint density at radius 3 is 2.88 bits per heavy atom. The number of nitrogens with zero attached hydrogens (tertiary/aromatic N) is 4. The molecule has 24 heavy (non-hydrogen) atoms. The fourth-order valence-electron chi connectivity index (χ4n) is 1.79. The van der Waals surface area contributed by atoms with Crippen LogP contribution >= 0.6 is 34.9 Å². The predicted octanol–water partition coefficient (Wildman–Crippen LogP) is 3.73. The lowest BCUT2D eigenvalue weighted by Crippen LogP contribution is -2.24. The van der Waals surface area contributed by atoms with E-state index in [1.165, 1.54) is 23.1 Å². The third-order valence-corrected chi connectivity index (χ3v) is 6.16. The summed E-state index contributed by atoms with van der Waals surface area (Å²) in [6.45, 7) is 5.83. The number of nitrogens with one attached hydrogen (secondary N) is 1. The van der Waals surface area contributed by atoms with Crippen molar-refractivity contribution in [1.29, 1.82) is 5.26 Å². The molecule has 0 aliphatic rings. The van der Waals surface area contributed by atoms with Crippen molar-refractivity contribution in [3.8, 4) is 6.07 Å². The van der Waals surface area contributed by atoms with Gasteiger partial charge < -0.3 is 0 Å². The summed E-state index contributed by atoms with van der Waals surface area (Å²) >= 11 is 4.25. The molecule has 0 aliphatic heterocycles. The molecule has 0 bridgehead atoms. The van der Waals surface area contributed by atoms with Crippen LogP contribution in [-0.4, -0.2) is 32.1 Å². The Labute approximate surface area is 153 Å². The van der Waals surface area contributed by atoms with Crippen molar-refractivity contribution < 1.29 is 4.79 Å². The first-order valence-electron chi connectivity index (χ1n) is 7.38. The van der Waals surface area contributed by atoms with Crippen molar-refractivity contribution in [1.82, 2.24) is 15.2 Å². The molecule has 0 saturated carbocycles. The number of nitriles is 1. The van der Waals surface area contributed by atoms with Gasteiger partial charge in [0.15, 0.2) is 4.34 Å². The van der Waals surface area contributed by atoms with Crippen LogP contribution in [0.5, 0.6) is 0 Å². The van der Waals surface area contributed by atoms with E-state index in [0.29, 0.717) is 22.1 Å². The smallest absolute Gasteiger partial charge is 0.239 e. The highest BCUT2D eigenvalue weighted by Crippen LogP contribution is 2.29. The van der Waals surface area contributed by atoms with Gasteiger partial charge in [0.2, 0.25) is 11.0 Å². The van der Waals surface area contributed by atoms with Gasteiger partial charge in [-0.1, -0.05) is 48.7 Å². The van der Waals surface area contributed by atoms with Crippen LogP contribution in [0.3, 0.4) is 0 Å². The fraction of sp³-hybridized carbons (Fsp3) is 0.400. The van der Waals surface area contributed by atoms with E-state index in [0.717, 1.165) is 15.8 Å². The number of carbonyl (C=O) groups excluding carboxylic acids is 1. The van der Waals surface area contributed by atoms with E-state index in [-0.39, 0.29) is 11.2 Å². The topological polar surface area (TPSA) is 91.6 Å². The summed E-state index contributed by atoms with van der Waals surface area (Å²) in [4.78, 5) is 16.9. The molecule has 0 aliphatic carbocycles. The normalized spacial score (nSPS) is 11.8. The van der Waals surface area contributed by atoms with Crippen LogP contribution in [0.15, 0.2) is 21.5 Å². The highest BCUT2D eigenvalue weighted by molar-refractivity contribution is 8.01. The van der Waals surface area contributed by atoms with Gasteiger partial charge in [-0.15, -0.1) is 10.2 Å². The van der Waals surface area contributed by atoms with E-state index in [4.69, 9.17) is 0 Å². The first kappa shape index (κ1) is 18.7. The van der Waals surface area contributed by atoms with Gasteiger partial charge in [-0.2, -0.15) is 5.26 Å². The van der Waals surface area contributed by atoms with E-state index < -0.39 is 0 Å². The summed E-state index contributed by atoms with van der Waals surface area (Å²) in [6, 6.07) is 5.64. The first-order chi connectivity index (χ1) is 11.6. The summed E-state index contributed by atoms with van der Waals surface area (Å²) in [5, 5.41) is 20.7. The van der Waals surface area contributed by atoms with E-state index in [9.17, 15) is 10.1 Å². The highest BCUT2D eigenvalue weighted by atomic mass is 32.2. The Bertz CT molecular complexity index is 756. The highest BCUT2D eigenvalue weighted by Gasteiger charge is 2.22. The van der Waals surface area contributed by atoms with Crippen molar-refractivity contribution in [3.05, 3.63) is 23.4 Å². The number of amides is 1. The zero-order chi connectivity index (χ0) is 17.5. The first-order valence-corrected chi connectivity index (χ1v) is 10.1. The predicted molar refractivity (Wildman–Crippen MR) is 98.6 cm³/mol. The van der Waals surface area contributed by atoms with Crippen LogP contribution in [0.4, 0.5) is 5.13 Å². The Morgan fingerprint density at radius 2 is 2.21 bits per heavy atom. The monoisotopic (exact) mass is 379 g/mol. The van der Waals surface area contributed by atoms with Crippen molar-refractivity contribution in [2.24, 2.45) is 0 Å². The fourth-order valence-corrected chi connectivity index (χ4v) is 4.48. The summed E-state index contributed by atoms with van der Waals surface area (Å²) in [5.41, 5.74) is 1.30. The molecule has 1 N–H and O–H groups in total. The van der Waals surface area contributed by atoms with Crippen LogP contribution in [0.1, 0.15) is 31.5 Å². The van der Waals surface area contributed by atoms with Gasteiger partial charge in [0.05, 0.1) is 10.8 Å². The van der Waals surface area contributed by atoms with Crippen LogP contribution in [-0.2, 0) is 4.79 Å². The molecule has 0 fully saturated rings. The van der Waals surface area contributed by atoms with Crippen molar-refractivity contribution in [2.75, 3.05) is 11.1 Å². The van der Waals surface area contributed by atoms with Crippen molar-refractivity contribution in [3.63, 3.8) is 0 Å². The van der Waals surface area contributed by atoms with Crippen molar-refractivity contribution >= 4 is 45.9 Å². The molecule has 0 spiro atoms. The second-order valence-corrected chi connectivity index (χ2v) is 8.41. The molecule has 2 heterocycles. The average molecular weight is 380 g/mol. The summed E-state index contributed by atoms with van der Waals surface area (Å²) in [5.74, 6) is 0.755. The summed E-state index contributed by atoms with van der Waals surface area (Å²) < 4.78 is 0.834. The zero-order valence-electron chi connectivity index (χ0n) is 13.6. The molecule has 0 saturated heterocycles. The molecule has 2 aromatic heterocycles. The Balaban J connectivity index is 2.09. The number of thioether (sulfide) groups is 2. The number of hydrogen-bond acceptors (Lipinski definition) is 8. The molecule has 0 aromatic carbocycles. The van der Waals surface area contributed by atoms with Gasteiger partial charge in [-0.05, 0) is 31.2 Å². The largest absolute Gasteiger partial charge is 0.300 e. The molecular formula is C15H17N5OS3. The number of aryl methyl sites for hydroxylation is 1. The molecule has 0 radical (unpaired) electrons. The molecular weight excluding hydrogens is 362 g/mol. The van der Waals surface area contributed by atoms with Gasteiger partial charge in [0, 0.05) is 5.69 Å². The summed E-state index contributed by atoms with van der Waals surface area (Å²) in [6.07, 6.45) is 0.617. The zero-order valence-corrected chi connectivity index (χ0v) is 16.0. The van der Waals surface area contributed by atoms with E-state index in [1.807, 2.05) is 20.8 Å². The number of pyridine rings is 1. The number of hydrogen-bond donors (Lipinski definition) is 1. The minimum absolute atomic E-state index is 0.154. The second-order valence-electron chi connectivity index (χ2n) is 4.73. The van der Waals surface area contributed by atoms with Crippen LogP contribution in [0.25, 0.3) is 0 Å². The Morgan fingerprint density at radius 1 is 1.42 bits per heavy atom. The molecule has 6 nitrogen and oxygen atoms in total. The average Bonchev–Trinajstić information content (AvgIpc) is 3.00. The maximum absolute atomic E-state index is 12.5. The van der Waals surface area contributed by atoms with Gasteiger partial charge in [0.25, 0.3) is 0 Å². The minimum Gasteiger partial charge on any atom is -0.300 e. The third kappa shape index (κ3) is 4.93. The van der Waals surface area contributed by atoms with Gasteiger partial charge >= 0.3 is 0 Å². The molecule has 126 valence electrons. The molecule has 2 aromatic rings. The maximum Gasteiger partial charge on any atom is 0.239 e. The maximum atomic E-state index is 12.5. The SMILES string of the molecule is CCSc1nnc(NC(=O)C(CC)Sc2nc(C)ccc2C#N)s1. The molecule has 9 heteroatoms. The quantitative estimate of drug-likeness (QED) is 0.579. The van der Waals surface area contributed by atoms with E-state index >= 15 is 0 Å². The molecule has 2 rings (SSSR count). The molecule has 1 atom stereocenters. The number of rotatable bonds is 7. The number of aromatic nitrogens is 3. The Kier molecular flexibility index (Phi) is 7.02. The third-order valence-electron chi connectivity index (χ3n) is 2.94. The van der Waals surface area contributed by atoms with E-state index in [2.05, 4.69) is 26.6 Å². The lowest BCUT2D eigenvalue weighted by molar-refractivity contribution is -0.115. The number of carbonyl (C=O) groups is 1. The molecule has 1 amide bonds. The Hall–Kier alpha value is -1.63. The van der Waals surface area contributed by atoms with Crippen LogP contribution in [0, 0.1) is 18.3 Å². The number of anilines is 1.